The third-order valence-electron chi connectivity index (χ3n) is 4.01. The molecule has 1 aliphatic rings. The Hall–Kier alpha value is -2.34. The minimum absolute atomic E-state index is 0.0762. The fraction of sp³-hybridized carbons (Fsp3) is 0.333. The first-order chi connectivity index (χ1) is 11.7. The summed E-state index contributed by atoms with van der Waals surface area (Å²) in [7, 11) is 0. The summed E-state index contributed by atoms with van der Waals surface area (Å²) in [4.78, 5) is 26.9. The number of rotatable bonds is 6. The van der Waals surface area contributed by atoms with E-state index >= 15 is 0 Å². The van der Waals surface area contributed by atoms with Crippen molar-refractivity contribution in [3.63, 3.8) is 0 Å². The van der Waals surface area contributed by atoms with Gasteiger partial charge in [0.2, 0.25) is 5.91 Å². The summed E-state index contributed by atoms with van der Waals surface area (Å²) in [6, 6.07) is 13.9. The molecule has 1 aromatic carbocycles. The molecule has 0 aliphatic carbocycles. The lowest BCUT2D eigenvalue weighted by Crippen LogP contribution is -2.50. The Kier molecular flexibility index (Phi) is 5.48. The molecule has 0 spiro atoms. The van der Waals surface area contributed by atoms with Gasteiger partial charge in [-0.15, -0.1) is 11.3 Å². The Morgan fingerprint density at radius 2 is 2.08 bits per heavy atom. The number of hydrogen-bond donors (Lipinski definition) is 2. The van der Waals surface area contributed by atoms with E-state index in [2.05, 4.69) is 22.8 Å². The van der Waals surface area contributed by atoms with Crippen LogP contribution in [0.3, 0.4) is 0 Å². The lowest BCUT2D eigenvalue weighted by Gasteiger charge is -2.27. The molecular weight excluding hydrogens is 322 g/mol. The van der Waals surface area contributed by atoms with Crippen LogP contribution < -0.4 is 10.6 Å². The molecule has 6 heteroatoms. The highest BCUT2D eigenvalue weighted by Gasteiger charge is 2.22. The molecule has 2 N–H and O–H groups in total. The monoisotopic (exact) mass is 343 g/mol. The second kappa shape index (κ2) is 7.97. The van der Waals surface area contributed by atoms with E-state index in [1.165, 1.54) is 5.56 Å². The zero-order valence-electron chi connectivity index (χ0n) is 13.4. The molecule has 1 atom stereocenters. The van der Waals surface area contributed by atoms with Crippen LogP contribution in [0.15, 0.2) is 47.8 Å². The van der Waals surface area contributed by atoms with Crippen LogP contribution in [0.4, 0.5) is 4.79 Å². The zero-order valence-corrected chi connectivity index (χ0v) is 14.2. The summed E-state index contributed by atoms with van der Waals surface area (Å²) >= 11 is 1.63. The van der Waals surface area contributed by atoms with Gasteiger partial charge in [-0.25, -0.2) is 4.79 Å². The van der Waals surface area contributed by atoms with E-state index < -0.39 is 0 Å². The fourth-order valence-electron chi connectivity index (χ4n) is 2.80. The van der Waals surface area contributed by atoms with Gasteiger partial charge < -0.3 is 15.5 Å². The molecule has 24 heavy (non-hydrogen) atoms. The molecule has 2 aromatic rings. The first-order valence-corrected chi connectivity index (χ1v) is 9.00. The number of benzene rings is 1. The van der Waals surface area contributed by atoms with Gasteiger partial charge in [0, 0.05) is 18.0 Å². The average Bonchev–Trinajstić information content (AvgIpc) is 3.12. The average molecular weight is 343 g/mol. The number of nitrogens with zero attached hydrogens (tertiary/aromatic N) is 1. The van der Waals surface area contributed by atoms with Gasteiger partial charge in [-0.2, -0.15) is 0 Å². The Morgan fingerprint density at radius 1 is 1.25 bits per heavy atom. The van der Waals surface area contributed by atoms with Crippen LogP contribution in [0.5, 0.6) is 0 Å². The van der Waals surface area contributed by atoms with Gasteiger partial charge in [0.25, 0.3) is 0 Å². The van der Waals surface area contributed by atoms with Gasteiger partial charge in [-0.3, -0.25) is 4.79 Å². The molecule has 0 saturated carbocycles. The largest absolute Gasteiger partial charge is 0.347 e. The van der Waals surface area contributed by atoms with Crippen molar-refractivity contribution < 1.29 is 9.59 Å². The van der Waals surface area contributed by atoms with E-state index in [9.17, 15) is 9.59 Å². The van der Waals surface area contributed by atoms with Gasteiger partial charge in [-0.05, 0) is 29.9 Å². The minimum Gasteiger partial charge on any atom is -0.347 e. The van der Waals surface area contributed by atoms with Crippen molar-refractivity contribution in [1.29, 1.82) is 0 Å². The van der Waals surface area contributed by atoms with E-state index in [1.807, 2.05) is 35.7 Å². The molecule has 1 fully saturated rings. The highest BCUT2D eigenvalue weighted by atomic mass is 32.1. The Morgan fingerprint density at radius 3 is 2.79 bits per heavy atom. The summed E-state index contributed by atoms with van der Waals surface area (Å²) in [6.45, 7) is 1.41. The molecule has 3 rings (SSSR count). The number of amides is 3. The van der Waals surface area contributed by atoms with Crippen molar-refractivity contribution in [2.24, 2.45) is 0 Å². The predicted octanol–water partition coefficient (Wildman–Crippen LogP) is 2.56. The lowest BCUT2D eigenvalue weighted by molar-refractivity contribution is -0.122. The van der Waals surface area contributed by atoms with Crippen LogP contribution in [0.25, 0.3) is 0 Å². The van der Waals surface area contributed by atoms with E-state index in [-0.39, 0.29) is 24.5 Å². The molecule has 0 bridgehead atoms. The topological polar surface area (TPSA) is 61.4 Å². The number of carbonyl (C=O) groups excluding carboxylic acids is 2. The summed E-state index contributed by atoms with van der Waals surface area (Å²) in [6.07, 6.45) is 1.61. The summed E-state index contributed by atoms with van der Waals surface area (Å²) in [5.41, 5.74) is 1.17. The quantitative estimate of drug-likeness (QED) is 0.847. The minimum atomic E-state index is -0.160. The van der Waals surface area contributed by atoms with Crippen LogP contribution in [0.1, 0.15) is 22.9 Å². The van der Waals surface area contributed by atoms with E-state index in [1.54, 1.807) is 16.2 Å². The Balaban J connectivity index is 1.65. The molecule has 1 aliphatic heterocycles. The molecule has 1 saturated heterocycles. The van der Waals surface area contributed by atoms with Crippen LogP contribution in [0.2, 0.25) is 0 Å². The van der Waals surface area contributed by atoms with Gasteiger partial charge >= 0.3 is 6.03 Å². The number of thiophene rings is 1. The predicted molar refractivity (Wildman–Crippen MR) is 94.9 cm³/mol. The third kappa shape index (κ3) is 4.35. The second-order valence-electron chi connectivity index (χ2n) is 5.83. The van der Waals surface area contributed by atoms with Crippen molar-refractivity contribution in [2.45, 2.75) is 18.9 Å². The highest BCUT2D eigenvalue weighted by molar-refractivity contribution is 7.10. The molecule has 126 valence electrons. The molecular formula is C18H21N3O2S. The Labute approximate surface area is 145 Å². The summed E-state index contributed by atoms with van der Waals surface area (Å²) in [5, 5.41) is 7.86. The van der Waals surface area contributed by atoms with Gasteiger partial charge in [0.1, 0.15) is 6.54 Å². The fourth-order valence-corrected chi connectivity index (χ4v) is 3.58. The number of urea groups is 1. The lowest BCUT2D eigenvalue weighted by atomic mass is 10.0. The summed E-state index contributed by atoms with van der Waals surface area (Å²) in [5.74, 6) is -0.124. The standard InChI is InChI=1S/C18H21N3O2S/c22-17(13-21-10-5-9-19-18(21)23)20-15(16-8-4-11-24-16)12-14-6-2-1-3-7-14/h1-4,6-8,11,15H,5,9-10,12-13H2,(H,19,23)(H,20,22). The molecule has 2 heterocycles. The summed E-state index contributed by atoms with van der Waals surface area (Å²) < 4.78 is 0. The maximum atomic E-state index is 12.4. The van der Waals surface area contributed by atoms with Crippen LogP contribution in [0, 0.1) is 0 Å². The van der Waals surface area contributed by atoms with Crippen LogP contribution in [-0.4, -0.2) is 36.5 Å². The number of carbonyl (C=O) groups is 2. The van der Waals surface area contributed by atoms with E-state index in [0.717, 1.165) is 17.7 Å². The smallest absolute Gasteiger partial charge is 0.317 e. The van der Waals surface area contributed by atoms with E-state index in [0.29, 0.717) is 13.1 Å². The highest BCUT2D eigenvalue weighted by Crippen LogP contribution is 2.23. The molecule has 1 unspecified atom stereocenters. The van der Waals surface area contributed by atoms with Gasteiger partial charge in [0.15, 0.2) is 0 Å². The molecule has 5 nitrogen and oxygen atoms in total. The molecule has 1 aromatic heterocycles. The van der Waals surface area contributed by atoms with Crippen molar-refractivity contribution in [3.8, 4) is 0 Å². The van der Waals surface area contributed by atoms with Gasteiger partial charge in [0.05, 0.1) is 6.04 Å². The van der Waals surface area contributed by atoms with Crippen molar-refractivity contribution >= 4 is 23.3 Å². The number of nitrogens with one attached hydrogen (secondary N) is 2. The first kappa shape index (κ1) is 16.5. The Bertz CT molecular complexity index is 673. The van der Waals surface area contributed by atoms with Crippen molar-refractivity contribution in [3.05, 3.63) is 58.3 Å². The van der Waals surface area contributed by atoms with Crippen LogP contribution >= 0.6 is 11.3 Å². The first-order valence-electron chi connectivity index (χ1n) is 8.12. The second-order valence-corrected chi connectivity index (χ2v) is 6.81. The van der Waals surface area contributed by atoms with Gasteiger partial charge in [-0.1, -0.05) is 36.4 Å². The molecule has 3 amide bonds. The van der Waals surface area contributed by atoms with E-state index in [4.69, 9.17) is 0 Å². The van der Waals surface area contributed by atoms with Crippen molar-refractivity contribution in [1.82, 2.24) is 15.5 Å². The number of hydrogen-bond acceptors (Lipinski definition) is 3. The van der Waals surface area contributed by atoms with Crippen molar-refractivity contribution in [2.75, 3.05) is 19.6 Å². The molecule has 0 radical (unpaired) electrons. The third-order valence-corrected chi connectivity index (χ3v) is 4.99. The normalized spacial score (nSPS) is 15.7. The zero-order chi connectivity index (χ0) is 16.8. The maximum absolute atomic E-state index is 12.4. The van der Waals surface area contributed by atoms with Crippen LogP contribution in [-0.2, 0) is 11.2 Å². The maximum Gasteiger partial charge on any atom is 0.317 e. The SMILES string of the molecule is O=C(CN1CCCNC1=O)NC(Cc1ccccc1)c1cccs1.